The molecule has 0 aliphatic carbocycles. The number of nitrogens with one attached hydrogen (secondary N) is 1. The summed E-state index contributed by atoms with van der Waals surface area (Å²) >= 11 is 3.69. The summed E-state index contributed by atoms with van der Waals surface area (Å²) in [6, 6.07) is 8.86. The number of alkyl halides is 1. The maximum absolute atomic E-state index is 3.69. The molecule has 0 spiro atoms. The van der Waals surface area contributed by atoms with Gasteiger partial charge >= 0.3 is 0 Å². The highest BCUT2D eigenvalue weighted by atomic mass is 79.9. The van der Waals surface area contributed by atoms with Crippen molar-refractivity contribution in [3.63, 3.8) is 0 Å². The zero-order chi connectivity index (χ0) is 12.7. The summed E-state index contributed by atoms with van der Waals surface area (Å²) in [6.07, 6.45) is 2.04. The summed E-state index contributed by atoms with van der Waals surface area (Å²) in [6.45, 7) is 9.69. The molecule has 0 aliphatic rings. The monoisotopic (exact) mass is 309 g/mol. The molecule has 1 heterocycles. The fourth-order valence-corrected chi connectivity index (χ4v) is 6.73. The molecular formula is C14H20BrNSi. The number of benzene rings is 1. The minimum Gasteiger partial charge on any atom is -0.361 e. The summed E-state index contributed by atoms with van der Waals surface area (Å²) in [4.78, 5) is 3.31. The Morgan fingerprint density at radius 2 is 1.94 bits per heavy atom. The third-order valence-electron chi connectivity index (χ3n) is 4.29. The molecule has 3 heteroatoms. The lowest BCUT2D eigenvalue weighted by molar-refractivity contribution is 0.748. The second kappa shape index (κ2) is 4.29. The van der Waals surface area contributed by atoms with E-state index in [1.165, 1.54) is 10.9 Å². The molecule has 0 bridgehead atoms. The van der Waals surface area contributed by atoms with Gasteiger partial charge in [-0.2, -0.15) is 0 Å². The first-order valence-corrected chi connectivity index (χ1v) is 10.1. The number of fused-ring (bicyclic) bond motifs is 1. The number of rotatable bonds is 3. The summed E-state index contributed by atoms with van der Waals surface area (Å²) in [7, 11) is -1.50. The molecule has 0 amide bonds. The zero-order valence-electron chi connectivity index (χ0n) is 11.0. The molecule has 1 aromatic carbocycles. The molecule has 17 heavy (non-hydrogen) atoms. The Balaban J connectivity index is 2.63. The van der Waals surface area contributed by atoms with Crippen molar-refractivity contribution in [1.29, 1.82) is 0 Å². The molecule has 0 fully saturated rings. The second-order valence-corrected chi connectivity index (χ2v) is 11.6. The maximum atomic E-state index is 3.69. The van der Waals surface area contributed by atoms with Crippen LogP contribution in [-0.2, 0) is 0 Å². The number of H-pyrrole nitrogens is 1. The molecule has 0 atom stereocenters. The second-order valence-electron chi connectivity index (χ2n) is 5.89. The highest BCUT2D eigenvalue weighted by Gasteiger charge is 2.40. The highest BCUT2D eigenvalue weighted by Crippen LogP contribution is 2.39. The lowest BCUT2D eigenvalue weighted by Gasteiger charge is -2.39. The third kappa shape index (κ3) is 2.00. The van der Waals surface area contributed by atoms with Gasteiger partial charge in [-0.05, 0) is 22.6 Å². The van der Waals surface area contributed by atoms with Gasteiger partial charge in [0.2, 0.25) is 0 Å². The first kappa shape index (κ1) is 12.9. The molecule has 2 aromatic rings. The summed E-state index contributed by atoms with van der Waals surface area (Å²) < 4.78 is 0. The van der Waals surface area contributed by atoms with Gasteiger partial charge in [-0.15, -0.1) is 0 Å². The van der Waals surface area contributed by atoms with Gasteiger partial charge in [0.05, 0.1) is 8.07 Å². The van der Waals surface area contributed by atoms with Crippen molar-refractivity contribution in [2.45, 2.75) is 32.0 Å². The summed E-state index contributed by atoms with van der Waals surface area (Å²) in [5.41, 5.74) is 1.26. The first-order chi connectivity index (χ1) is 7.90. The first-order valence-electron chi connectivity index (χ1n) is 6.03. The third-order valence-corrected chi connectivity index (χ3v) is 11.6. The van der Waals surface area contributed by atoms with Crippen LogP contribution in [-0.4, -0.2) is 18.4 Å². The molecule has 2 rings (SSSR count). The molecule has 92 valence electrons. The van der Waals surface area contributed by atoms with Crippen molar-refractivity contribution in [1.82, 2.24) is 4.98 Å². The van der Waals surface area contributed by atoms with Crippen molar-refractivity contribution in [2.75, 3.05) is 5.33 Å². The maximum Gasteiger partial charge on any atom is 0.0878 e. The van der Waals surface area contributed by atoms with Crippen molar-refractivity contribution >= 4 is 40.1 Å². The standard InChI is InChI=1S/C14H20BrNSi/c1-14(2,10-15)17(3,4)13-7-5-6-12-11(13)8-9-16-12/h5-9,16H,10H2,1-4H3. The molecule has 1 nitrogen and oxygen atoms in total. The fourth-order valence-electron chi connectivity index (χ4n) is 2.16. The Kier molecular flexibility index (Phi) is 3.25. The van der Waals surface area contributed by atoms with E-state index in [0.717, 1.165) is 5.33 Å². The average Bonchev–Trinajstić information content (AvgIpc) is 2.76. The molecule has 1 N–H and O–H groups in total. The van der Waals surface area contributed by atoms with Crippen molar-refractivity contribution in [2.24, 2.45) is 0 Å². The van der Waals surface area contributed by atoms with Gasteiger partial charge in [0.1, 0.15) is 0 Å². The van der Waals surface area contributed by atoms with Gasteiger partial charge in [-0.25, -0.2) is 0 Å². The average molecular weight is 310 g/mol. The van der Waals surface area contributed by atoms with E-state index < -0.39 is 8.07 Å². The van der Waals surface area contributed by atoms with E-state index in [2.05, 4.69) is 72.1 Å². The van der Waals surface area contributed by atoms with Crippen LogP contribution in [0.1, 0.15) is 13.8 Å². The Labute approximate surface area is 113 Å². The van der Waals surface area contributed by atoms with E-state index in [0.29, 0.717) is 5.04 Å². The van der Waals surface area contributed by atoms with E-state index in [4.69, 9.17) is 0 Å². The van der Waals surface area contributed by atoms with Crippen LogP contribution in [0.15, 0.2) is 30.5 Å². The summed E-state index contributed by atoms with van der Waals surface area (Å²) in [5, 5.41) is 4.36. The predicted molar refractivity (Wildman–Crippen MR) is 83.2 cm³/mol. The van der Waals surface area contributed by atoms with E-state index in [9.17, 15) is 0 Å². The van der Waals surface area contributed by atoms with Crippen LogP contribution in [0.25, 0.3) is 10.9 Å². The number of aromatic amines is 1. The Morgan fingerprint density at radius 1 is 1.24 bits per heavy atom. The van der Waals surface area contributed by atoms with Crippen molar-refractivity contribution in [3.8, 4) is 0 Å². The Hall–Kier alpha value is -0.543. The Bertz CT molecular complexity index is 528. The van der Waals surface area contributed by atoms with Crippen molar-refractivity contribution < 1.29 is 0 Å². The molecule has 0 unspecified atom stereocenters. The molecular weight excluding hydrogens is 290 g/mol. The number of hydrogen-bond donors (Lipinski definition) is 1. The predicted octanol–water partition coefficient (Wildman–Crippen LogP) is 4.26. The lowest BCUT2D eigenvalue weighted by atomic mass is 10.2. The molecule has 0 saturated heterocycles. The van der Waals surface area contributed by atoms with Crippen LogP contribution in [0.3, 0.4) is 0 Å². The minimum atomic E-state index is -1.50. The quantitative estimate of drug-likeness (QED) is 0.644. The van der Waals surface area contributed by atoms with Gasteiger partial charge in [0.15, 0.2) is 0 Å². The molecule has 0 saturated carbocycles. The minimum absolute atomic E-state index is 0.346. The van der Waals surface area contributed by atoms with E-state index in [-0.39, 0.29) is 0 Å². The SMILES string of the molecule is CC(C)(CBr)[Si](C)(C)c1cccc2[nH]ccc12. The van der Waals surface area contributed by atoms with Crippen molar-refractivity contribution in [3.05, 3.63) is 30.5 Å². The van der Waals surface area contributed by atoms with Crippen LogP contribution >= 0.6 is 15.9 Å². The van der Waals surface area contributed by atoms with Crippen LogP contribution in [0.5, 0.6) is 0 Å². The van der Waals surface area contributed by atoms with Gasteiger partial charge < -0.3 is 4.98 Å². The molecule has 1 aromatic heterocycles. The normalized spacial score (nSPS) is 13.2. The molecule has 0 radical (unpaired) electrons. The topological polar surface area (TPSA) is 15.8 Å². The molecule has 0 aliphatic heterocycles. The fraction of sp³-hybridized carbons (Fsp3) is 0.429. The summed E-state index contributed by atoms with van der Waals surface area (Å²) in [5.74, 6) is 0. The lowest BCUT2D eigenvalue weighted by Crippen LogP contribution is -2.51. The number of halogens is 1. The number of aromatic nitrogens is 1. The van der Waals surface area contributed by atoms with Crippen LogP contribution in [0.2, 0.25) is 18.1 Å². The van der Waals surface area contributed by atoms with Crippen LogP contribution < -0.4 is 5.19 Å². The van der Waals surface area contributed by atoms with Crippen LogP contribution in [0, 0.1) is 0 Å². The highest BCUT2D eigenvalue weighted by molar-refractivity contribution is 9.09. The smallest absolute Gasteiger partial charge is 0.0878 e. The Morgan fingerprint density at radius 3 is 2.59 bits per heavy atom. The van der Waals surface area contributed by atoms with Gasteiger partial charge in [0, 0.05) is 17.0 Å². The van der Waals surface area contributed by atoms with E-state index >= 15 is 0 Å². The van der Waals surface area contributed by atoms with E-state index in [1.807, 2.05) is 6.20 Å². The zero-order valence-corrected chi connectivity index (χ0v) is 13.6. The van der Waals surface area contributed by atoms with Gasteiger partial charge in [0.25, 0.3) is 0 Å². The van der Waals surface area contributed by atoms with Crippen LogP contribution in [0.4, 0.5) is 0 Å². The van der Waals surface area contributed by atoms with E-state index in [1.54, 1.807) is 5.19 Å². The largest absolute Gasteiger partial charge is 0.361 e. The number of hydrogen-bond acceptors (Lipinski definition) is 0. The van der Waals surface area contributed by atoms with Gasteiger partial charge in [-0.3, -0.25) is 0 Å². The van der Waals surface area contributed by atoms with Gasteiger partial charge in [-0.1, -0.05) is 60.2 Å².